The number of aromatic nitrogens is 2. The molecule has 5 heteroatoms. The minimum atomic E-state index is 0.301. The smallest absolute Gasteiger partial charge is 0.111 e. The first-order valence-corrected chi connectivity index (χ1v) is 7.92. The number of rotatable bonds is 4. The number of hydrogen-bond acceptors (Lipinski definition) is 2. The van der Waals surface area contributed by atoms with Crippen LogP contribution >= 0.6 is 23.2 Å². The molecule has 2 unspecified atom stereocenters. The van der Waals surface area contributed by atoms with E-state index < -0.39 is 0 Å². The van der Waals surface area contributed by atoms with Gasteiger partial charge in [-0.25, -0.2) is 4.98 Å². The molecule has 1 aromatic heterocycles. The molecule has 0 N–H and O–H groups in total. The Morgan fingerprint density at radius 2 is 2.30 bits per heavy atom. The summed E-state index contributed by atoms with van der Waals surface area (Å²) in [5, 5.41) is 0.742. The molecule has 0 aliphatic carbocycles. The third kappa shape index (κ3) is 2.67. The van der Waals surface area contributed by atoms with Crippen molar-refractivity contribution in [2.24, 2.45) is 5.92 Å². The number of benzene rings is 1. The van der Waals surface area contributed by atoms with Gasteiger partial charge in [0.15, 0.2) is 0 Å². The van der Waals surface area contributed by atoms with Gasteiger partial charge in [-0.3, -0.25) is 0 Å². The first kappa shape index (κ1) is 14.2. The van der Waals surface area contributed by atoms with Gasteiger partial charge in [-0.2, -0.15) is 0 Å². The van der Waals surface area contributed by atoms with Crippen molar-refractivity contribution < 1.29 is 4.74 Å². The Kier molecular flexibility index (Phi) is 4.20. The number of aryl methyl sites for hydroxylation is 1. The second kappa shape index (κ2) is 5.92. The summed E-state index contributed by atoms with van der Waals surface area (Å²) in [7, 11) is 0. The largest absolute Gasteiger partial charge is 0.378 e. The molecule has 0 radical (unpaired) electrons. The molecule has 3 nitrogen and oxygen atoms in total. The van der Waals surface area contributed by atoms with E-state index in [1.54, 1.807) is 0 Å². The molecular formula is C15H18Cl2N2O. The minimum Gasteiger partial charge on any atom is -0.378 e. The van der Waals surface area contributed by atoms with Crippen LogP contribution in [0.15, 0.2) is 18.2 Å². The highest BCUT2D eigenvalue weighted by molar-refractivity contribution is 6.31. The van der Waals surface area contributed by atoms with Crippen LogP contribution in [0, 0.1) is 5.92 Å². The van der Waals surface area contributed by atoms with Crippen molar-refractivity contribution in [2.45, 2.75) is 32.4 Å². The predicted molar refractivity (Wildman–Crippen MR) is 82.7 cm³/mol. The number of alkyl halides is 1. The Morgan fingerprint density at radius 3 is 3.00 bits per heavy atom. The van der Waals surface area contributed by atoms with Gasteiger partial charge in [0.25, 0.3) is 0 Å². The van der Waals surface area contributed by atoms with Gasteiger partial charge in [-0.05, 0) is 31.5 Å². The van der Waals surface area contributed by atoms with Crippen molar-refractivity contribution in [2.75, 3.05) is 12.5 Å². The molecule has 0 spiro atoms. The summed E-state index contributed by atoms with van der Waals surface area (Å²) in [6.07, 6.45) is 2.17. The molecular weight excluding hydrogens is 295 g/mol. The van der Waals surface area contributed by atoms with E-state index in [4.69, 9.17) is 27.9 Å². The Hall–Kier alpha value is -0.770. The van der Waals surface area contributed by atoms with Crippen LogP contribution in [-0.2, 0) is 17.7 Å². The van der Waals surface area contributed by atoms with Crippen molar-refractivity contribution in [1.29, 1.82) is 0 Å². The SMILES string of the molecule is CC1OCCC1Cn1c(CCCl)nc2ccc(Cl)cc21. The van der Waals surface area contributed by atoms with Gasteiger partial charge >= 0.3 is 0 Å². The Morgan fingerprint density at radius 1 is 1.45 bits per heavy atom. The molecule has 0 bridgehead atoms. The highest BCUT2D eigenvalue weighted by Crippen LogP contribution is 2.27. The lowest BCUT2D eigenvalue weighted by Gasteiger charge is -2.17. The maximum atomic E-state index is 6.13. The molecule has 1 fully saturated rings. The molecule has 0 saturated carbocycles. The van der Waals surface area contributed by atoms with Crippen molar-refractivity contribution >= 4 is 34.2 Å². The maximum absolute atomic E-state index is 6.13. The zero-order chi connectivity index (χ0) is 14.1. The second-order valence-electron chi connectivity index (χ2n) is 5.34. The molecule has 2 atom stereocenters. The lowest BCUT2D eigenvalue weighted by Crippen LogP contribution is -2.19. The van der Waals surface area contributed by atoms with Crippen LogP contribution in [0.2, 0.25) is 5.02 Å². The van der Waals surface area contributed by atoms with Crippen LogP contribution in [0.5, 0.6) is 0 Å². The normalized spacial score (nSPS) is 22.8. The molecule has 2 heterocycles. The van der Waals surface area contributed by atoms with E-state index in [0.29, 0.717) is 17.9 Å². The second-order valence-corrected chi connectivity index (χ2v) is 6.15. The molecule has 1 aliphatic heterocycles. The summed E-state index contributed by atoms with van der Waals surface area (Å²) in [5.41, 5.74) is 2.08. The average Bonchev–Trinajstić information content (AvgIpc) is 2.96. The zero-order valence-electron chi connectivity index (χ0n) is 11.5. The number of ether oxygens (including phenoxy) is 1. The van der Waals surface area contributed by atoms with E-state index in [2.05, 4.69) is 16.5 Å². The molecule has 2 aromatic rings. The summed E-state index contributed by atoms with van der Waals surface area (Å²) < 4.78 is 7.93. The summed E-state index contributed by atoms with van der Waals surface area (Å²) in [6.45, 7) is 3.92. The first-order valence-electron chi connectivity index (χ1n) is 7.01. The fourth-order valence-corrected chi connectivity index (χ4v) is 3.21. The predicted octanol–water partition coefficient (Wildman–Crippen LogP) is 3.90. The van der Waals surface area contributed by atoms with Crippen molar-refractivity contribution in [3.63, 3.8) is 0 Å². The van der Waals surface area contributed by atoms with E-state index in [1.807, 2.05) is 18.2 Å². The molecule has 1 aliphatic rings. The Labute approximate surface area is 128 Å². The van der Waals surface area contributed by atoms with Crippen LogP contribution in [0.1, 0.15) is 19.2 Å². The highest BCUT2D eigenvalue weighted by Gasteiger charge is 2.26. The first-order chi connectivity index (χ1) is 9.69. The van der Waals surface area contributed by atoms with Gasteiger partial charge in [0.1, 0.15) is 5.82 Å². The molecule has 1 saturated heterocycles. The molecule has 1 aromatic carbocycles. The van der Waals surface area contributed by atoms with Gasteiger partial charge in [-0.1, -0.05) is 11.6 Å². The maximum Gasteiger partial charge on any atom is 0.111 e. The standard InChI is InChI=1S/C15H18Cl2N2O/c1-10-11(5-7-20-10)9-19-14-8-12(17)2-3-13(14)18-15(19)4-6-16/h2-3,8,10-11H,4-7,9H2,1H3. The van der Waals surface area contributed by atoms with Crippen molar-refractivity contribution in [3.8, 4) is 0 Å². The Balaban J connectivity index is 2.01. The van der Waals surface area contributed by atoms with E-state index in [-0.39, 0.29) is 0 Å². The zero-order valence-corrected chi connectivity index (χ0v) is 13.0. The van der Waals surface area contributed by atoms with E-state index in [9.17, 15) is 0 Å². The third-order valence-corrected chi connectivity index (χ3v) is 4.48. The lowest BCUT2D eigenvalue weighted by atomic mass is 10.0. The molecule has 108 valence electrons. The number of hydrogen-bond donors (Lipinski definition) is 0. The summed E-state index contributed by atoms with van der Waals surface area (Å²) >= 11 is 12.0. The lowest BCUT2D eigenvalue weighted by molar-refractivity contribution is 0.102. The van der Waals surface area contributed by atoms with E-state index in [0.717, 1.165) is 47.9 Å². The molecule has 3 rings (SSSR count). The van der Waals surface area contributed by atoms with E-state index >= 15 is 0 Å². The molecule has 0 amide bonds. The minimum absolute atomic E-state index is 0.301. The van der Waals surface area contributed by atoms with Crippen LogP contribution in [0.25, 0.3) is 11.0 Å². The topological polar surface area (TPSA) is 27.1 Å². The third-order valence-electron chi connectivity index (χ3n) is 4.06. The quantitative estimate of drug-likeness (QED) is 0.801. The Bertz CT molecular complexity index is 611. The van der Waals surface area contributed by atoms with Gasteiger partial charge in [0.2, 0.25) is 0 Å². The van der Waals surface area contributed by atoms with Gasteiger partial charge in [0, 0.05) is 36.4 Å². The van der Waals surface area contributed by atoms with Crippen molar-refractivity contribution in [1.82, 2.24) is 9.55 Å². The number of nitrogens with zero attached hydrogens (tertiary/aromatic N) is 2. The van der Waals surface area contributed by atoms with Crippen molar-refractivity contribution in [3.05, 3.63) is 29.0 Å². The number of fused-ring (bicyclic) bond motifs is 1. The highest BCUT2D eigenvalue weighted by atomic mass is 35.5. The van der Waals surface area contributed by atoms with Crippen LogP contribution < -0.4 is 0 Å². The fraction of sp³-hybridized carbons (Fsp3) is 0.533. The summed E-state index contributed by atoms with van der Waals surface area (Å²) in [6, 6.07) is 5.84. The molecule has 20 heavy (non-hydrogen) atoms. The van der Waals surface area contributed by atoms with Crippen LogP contribution in [-0.4, -0.2) is 28.1 Å². The van der Waals surface area contributed by atoms with Gasteiger partial charge in [0.05, 0.1) is 17.1 Å². The summed E-state index contributed by atoms with van der Waals surface area (Å²) in [4.78, 5) is 4.69. The van der Waals surface area contributed by atoms with Crippen LogP contribution in [0.3, 0.4) is 0 Å². The average molecular weight is 313 g/mol. The van der Waals surface area contributed by atoms with E-state index in [1.165, 1.54) is 0 Å². The van der Waals surface area contributed by atoms with Gasteiger partial charge < -0.3 is 9.30 Å². The van der Waals surface area contributed by atoms with Gasteiger partial charge in [-0.15, -0.1) is 11.6 Å². The number of imidazole rings is 1. The number of halogens is 2. The fourth-order valence-electron chi connectivity index (χ4n) is 2.88. The summed E-state index contributed by atoms with van der Waals surface area (Å²) in [5.74, 6) is 2.14. The monoisotopic (exact) mass is 312 g/mol. The van der Waals surface area contributed by atoms with Crippen LogP contribution in [0.4, 0.5) is 0 Å².